The zero-order valence-corrected chi connectivity index (χ0v) is 46.6. The number of carboxylic acids is 1. The Balaban J connectivity index is 4.30. The second kappa shape index (κ2) is 53.0. The van der Waals surface area contributed by atoms with E-state index in [1.807, 2.05) is 21.1 Å². The highest BCUT2D eigenvalue weighted by atomic mass is 16.7. The summed E-state index contributed by atoms with van der Waals surface area (Å²) in [6, 6.07) is 0. The van der Waals surface area contributed by atoms with Crippen LogP contribution in [0.3, 0.4) is 0 Å². The molecule has 0 rings (SSSR count). The maximum atomic E-state index is 12.9. The zero-order valence-electron chi connectivity index (χ0n) is 46.6. The number of unbranched alkanes of at least 4 members (excludes halogenated alkanes) is 26. The van der Waals surface area contributed by atoms with Crippen LogP contribution >= 0.6 is 0 Å². The lowest BCUT2D eigenvalue weighted by molar-refractivity contribution is -0.870. The first-order valence-electron chi connectivity index (χ1n) is 29.1. The normalized spacial score (nSPS) is 13.3. The minimum atomic E-state index is -1.63. The number of esters is 2. The average Bonchev–Trinajstić information content (AvgIpc) is 3.34. The summed E-state index contributed by atoms with van der Waals surface area (Å²) in [7, 11) is 5.91. The number of likely N-dealkylation sites (N-methyl/N-ethyl adjacent to an activating group) is 1. The van der Waals surface area contributed by atoms with Gasteiger partial charge < -0.3 is 33.3 Å². The predicted octanol–water partition coefficient (Wildman–Crippen LogP) is 15.7. The Hall–Kier alpha value is -3.27. The Morgan fingerprint density at radius 1 is 0.423 bits per heavy atom. The smallest absolute Gasteiger partial charge is 0.306 e. The average molecular weight is 997 g/mol. The third kappa shape index (κ3) is 54.3. The number of carbonyl (C=O) groups excluding carboxylic acids is 3. The molecule has 0 aromatic carbocycles. The molecule has 2 unspecified atom stereocenters. The molecular formula is C62H109NO8. The molecule has 0 aliphatic heterocycles. The maximum absolute atomic E-state index is 12.9. The second-order valence-corrected chi connectivity index (χ2v) is 20.6. The van der Waals surface area contributed by atoms with Crippen LogP contribution in [0, 0.1) is 0 Å². The molecule has 0 amide bonds. The summed E-state index contributed by atoms with van der Waals surface area (Å²) in [5.74, 6) is -2.31. The number of quaternary nitrogens is 1. The van der Waals surface area contributed by atoms with E-state index in [0.717, 1.165) is 83.5 Å². The molecule has 2 atom stereocenters. The molecule has 9 nitrogen and oxygen atoms in total. The highest BCUT2D eigenvalue weighted by Gasteiger charge is 2.22. The van der Waals surface area contributed by atoms with Crippen LogP contribution in [-0.2, 0) is 33.3 Å². The monoisotopic (exact) mass is 996 g/mol. The highest BCUT2D eigenvalue weighted by Crippen LogP contribution is 2.15. The summed E-state index contributed by atoms with van der Waals surface area (Å²) >= 11 is 0. The van der Waals surface area contributed by atoms with Gasteiger partial charge in [0.25, 0.3) is 0 Å². The fourth-order valence-corrected chi connectivity index (χ4v) is 7.90. The first-order chi connectivity index (χ1) is 34.6. The van der Waals surface area contributed by atoms with Crippen molar-refractivity contribution in [2.45, 2.75) is 257 Å². The zero-order chi connectivity index (χ0) is 52.0. The van der Waals surface area contributed by atoms with Crippen LogP contribution in [0.2, 0.25) is 0 Å². The van der Waals surface area contributed by atoms with Gasteiger partial charge in [0.05, 0.1) is 40.3 Å². The molecule has 0 aliphatic carbocycles. The van der Waals surface area contributed by atoms with E-state index >= 15 is 0 Å². The van der Waals surface area contributed by atoms with Gasteiger partial charge in [-0.15, -0.1) is 0 Å². The lowest BCUT2D eigenvalue weighted by Gasteiger charge is -2.26. The van der Waals surface area contributed by atoms with Gasteiger partial charge in [0.1, 0.15) is 13.2 Å². The molecule has 410 valence electrons. The Bertz CT molecular complexity index is 1390. The fourth-order valence-electron chi connectivity index (χ4n) is 7.90. The molecule has 0 aliphatic rings. The molecule has 71 heavy (non-hydrogen) atoms. The van der Waals surface area contributed by atoms with Crippen molar-refractivity contribution in [1.82, 2.24) is 0 Å². The number of hydrogen-bond donors (Lipinski definition) is 0. The minimum absolute atomic E-state index is 0.142. The summed E-state index contributed by atoms with van der Waals surface area (Å²) < 4.78 is 22.7. The molecule has 0 radical (unpaired) electrons. The molecule has 9 heteroatoms. The number of rotatable bonds is 53. The van der Waals surface area contributed by atoms with E-state index in [2.05, 4.69) is 86.8 Å². The molecule has 0 spiro atoms. The van der Waals surface area contributed by atoms with E-state index < -0.39 is 24.3 Å². The molecule has 0 aromatic heterocycles. The van der Waals surface area contributed by atoms with Crippen molar-refractivity contribution >= 4 is 17.9 Å². The van der Waals surface area contributed by atoms with Gasteiger partial charge in [-0.25, -0.2) is 0 Å². The van der Waals surface area contributed by atoms with Crippen molar-refractivity contribution in [1.29, 1.82) is 0 Å². The van der Waals surface area contributed by atoms with Gasteiger partial charge in [0.15, 0.2) is 12.4 Å². The van der Waals surface area contributed by atoms with Gasteiger partial charge >= 0.3 is 11.9 Å². The first-order valence-corrected chi connectivity index (χ1v) is 29.1. The molecule has 0 heterocycles. The molecule has 0 fully saturated rings. The van der Waals surface area contributed by atoms with Gasteiger partial charge in [0, 0.05) is 12.8 Å². The Morgan fingerprint density at radius 3 is 1.13 bits per heavy atom. The van der Waals surface area contributed by atoms with Crippen LogP contribution in [0.1, 0.15) is 245 Å². The van der Waals surface area contributed by atoms with E-state index in [-0.39, 0.29) is 38.6 Å². The van der Waals surface area contributed by atoms with Crippen LogP contribution in [0.4, 0.5) is 0 Å². The Kier molecular flexibility index (Phi) is 50.6. The van der Waals surface area contributed by atoms with Crippen molar-refractivity contribution in [2.75, 3.05) is 47.5 Å². The second-order valence-electron chi connectivity index (χ2n) is 20.6. The van der Waals surface area contributed by atoms with Crippen molar-refractivity contribution < 1.29 is 42.9 Å². The SMILES string of the molecule is CCCCCCC/C=C\C/C=C\C/C=C\CCCCCCCCCCCCC(=O)OC(COC(=O)CCCCCCCC/C=C\C/C=C\C/C=C\CCCCCCC)COC(OCC[N+](C)(C)C)C(=O)[O-]. The van der Waals surface area contributed by atoms with Crippen molar-refractivity contribution in [3.05, 3.63) is 72.9 Å². The third-order valence-electron chi connectivity index (χ3n) is 12.4. The van der Waals surface area contributed by atoms with Crippen LogP contribution in [0.25, 0.3) is 0 Å². The summed E-state index contributed by atoms with van der Waals surface area (Å²) in [6.45, 7) is 4.71. The molecule has 0 saturated heterocycles. The molecule has 0 N–H and O–H groups in total. The lowest BCUT2D eigenvalue weighted by Crippen LogP contribution is -2.44. The van der Waals surface area contributed by atoms with E-state index in [4.69, 9.17) is 18.9 Å². The van der Waals surface area contributed by atoms with Crippen LogP contribution in [0.5, 0.6) is 0 Å². The predicted molar refractivity (Wildman–Crippen MR) is 297 cm³/mol. The number of carbonyl (C=O) groups is 3. The first kappa shape index (κ1) is 67.7. The quantitative estimate of drug-likeness (QED) is 0.0195. The lowest BCUT2D eigenvalue weighted by atomic mass is 10.0. The van der Waals surface area contributed by atoms with Gasteiger partial charge in [-0.1, -0.05) is 215 Å². The molecule has 0 bridgehead atoms. The Labute approximate surface area is 437 Å². The fraction of sp³-hybridized carbons (Fsp3) is 0.758. The van der Waals surface area contributed by atoms with Crippen LogP contribution in [-0.4, -0.2) is 82.3 Å². The van der Waals surface area contributed by atoms with Gasteiger partial charge in [-0.3, -0.25) is 9.59 Å². The summed E-state index contributed by atoms with van der Waals surface area (Å²) in [5, 5.41) is 11.8. The standard InChI is InChI=1S/C62H109NO8/c1-6-8-10-12-14-16-18-20-22-24-26-28-29-30-31-33-35-37-39-41-43-45-47-49-51-53-60(65)71-58(57-70-62(61(66)67)68-55-54-63(3,4)5)56-69-59(64)52-50-48-46-44-42-40-38-36-34-32-27-25-23-21-19-17-15-13-11-9-7-2/h18-21,24-27,29-30,34,36,58,62H,6-17,22-23,28,31-33,35,37-57H2,1-5H3/b20-18-,21-19-,26-24-,27-25-,30-29-,36-34-. The van der Waals surface area contributed by atoms with E-state index in [0.29, 0.717) is 17.4 Å². The largest absolute Gasteiger partial charge is 0.545 e. The molecule has 0 saturated carbocycles. The number of nitrogens with zero attached hydrogens (tertiary/aromatic N) is 1. The summed E-state index contributed by atoms with van der Waals surface area (Å²) in [5.41, 5.74) is 0. The van der Waals surface area contributed by atoms with Gasteiger partial charge in [-0.2, -0.15) is 0 Å². The third-order valence-corrected chi connectivity index (χ3v) is 12.4. The van der Waals surface area contributed by atoms with Crippen molar-refractivity contribution in [2.24, 2.45) is 0 Å². The van der Waals surface area contributed by atoms with E-state index in [1.54, 1.807) is 0 Å². The van der Waals surface area contributed by atoms with Gasteiger partial charge in [0.2, 0.25) is 0 Å². The topological polar surface area (TPSA) is 111 Å². The summed E-state index contributed by atoms with van der Waals surface area (Å²) in [6.07, 6.45) is 65.1. The minimum Gasteiger partial charge on any atom is -0.545 e. The van der Waals surface area contributed by atoms with E-state index in [1.165, 1.54) is 128 Å². The number of hydrogen-bond acceptors (Lipinski definition) is 8. The summed E-state index contributed by atoms with van der Waals surface area (Å²) in [4.78, 5) is 37.3. The molecule has 0 aromatic rings. The maximum Gasteiger partial charge on any atom is 0.306 e. The van der Waals surface area contributed by atoms with Crippen molar-refractivity contribution in [3.63, 3.8) is 0 Å². The van der Waals surface area contributed by atoms with Crippen LogP contribution in [0.15, 0.2) is 72.9 Å². The number of carboxylic acid groups (broad SMARTS) is 1. The van der Waals surface area contributed by atoms with Crippen LogP contribution < -0.4 is 5.11 Å². The van der Waals surface area contributed by atoms with E-state index in [9.17, 15) is 19.5 Å². The van der Waals surface area contributed by atoms with Gasteiger partial charge in [-0.05, 0) is 89.9 Å². The number of allylic oxidation sites excluding steroid dienone is 12. The number of aliphatic carboxylic acids is 1. The highest BCUT2D eigenvalue weighted by molar-refractivity contribution is 5.70. The number of ether oxygens (including phenoxy) is 4. The Morgan fingerprint density at radius 2 is 0.761 bits per heavy atom. The molecular weight excluding hydrogens is 887 g/mol. The van der Waals surface area contributed by atoms with Crippen molar-refractivity contribution in [3.8, 4) is 0 Å².